The number of carbonyl (C=O) groups is 2. The Morgan fingerprint density at radius 3 is 1.47 bits per heavy atom. The van der Waals surface area contributed by atoms with Crippen LogP contribution in [0.15, 0.2) is 65.8 Å². The van der Waals surface area contributed by atoms with Gasteiger partial charge in [0.2, 0.25) is 0 Å². The van der Waals surface area contributed by atoms with E-state index >= 15 is 0 Å². The second kappa shape index (κ2) is 10.6. The number of para-hydroxylation sites is 2. The molecule has 0 aliphatic rings. The topological polar surface area (TPSA) is 111 Å². The van der Waals surface area contributed by atoms with Gasteiger partial charge in [0.25, 0.3) is 11.8 Å². The zero-order valence-corrected chi connectivity index (χ0v) is 20.0. The number of nitroso groups, excluding NO2 is 1. The first-order chi connectivity index (χ1) is 13.9. The van der Waals surface area contributed by atoms with Crippen molar-refractivity contribution in [2.75, 3.05) is 10.6 Å². The van der Waals surface area contributed by atoms with Crippen molar-refractivity contribution >= 4 is 28.9 Å². The molecule has 0 saturated carbocycles. The molecule has 0 atom stereocenters. The third kappa shape index (κ3) is 5.03. The van der Waals surface area contributed by atoms with Crippen LogP contribution in [0.4, 0.5) is 17.1 Å². The van der Waals surface area contributed by atoms with Crippen LogP contribution in [-0.4, -0.2) is 11.8 Å². The molecule has 0 saturated heterocycles. The van der Waals surface area contributed by atoms with E-state index in [1.807, 2.05) is 0 Å². The molecule has 0 fully saturated rings. The van der Waals surface area contributed by atoms with Crippen molar-refractivity contribution in [1.29, 1.82) is 0 Å². The summed E-state index contributed by atoms with van der Waals surface area (Å²) in [4.78, 5) is 37.0. The van der Waals surface area contributed by atoms with E-state index in [0.717, 1.165) is 0 Å². The van der Waals surface area contributed by atoms with E-state index in [4.69, 9.17) is 0 Å². The minimum absolute atomic E-state index is 0. The summed E-state index contributed by atoms with van der Waals surface area (Å²) in [5, 5.41) is 21.3. The fraction of sp³-hybridized carbons (Fsp3) is 0.0909. The minimum atomic E-state index is -0.755. The van der Waals surface area contributed by atoms with E-state index in [9.17, 15) is 19.6 Å². The number of amides is 2. The molecule has 7 nitrogen and oxygen atoms in total. The smallest absolute Gasteiger partial charge is 0.871 e. The monoisotopic (exact) mass is 427 g/mol. The standard InChI is InChI=1S/C22H19N3O4.K/c1-13-17(21(27)23-15-9-5-3-6-10-15)20(26)18(14(2)19(13)25-29)22(28)24-16-11-7-4-8-12-16;/h3-12,26H,1-2H3,(H,23,27)(H,24,28);/q;+1/p-1. The maximum Gasteiger partial charge on any atom is 1.00 e. The summed E-state index contributed by atoms with van der Waals surface area (Å²) in [6.45, 7) is 2.92. The summed E-state index contributed by atoms with van der Waals surface area (Å²) < 4.78 is 0. The van der Waals surface area contributed by atoms with E-state index in [-0.39, 0.29) is 79.3 Å². The third-order valence-corrected chi connectivity index (χ3v) is 4.52. The molecule has 8 heteroatoms. The van der Waals surface area contributed by atoms with Crippen LogP contribution in [0.1, 0.15) is 31.8 Å². The van der Waals surface area contributed by atoms with E-state index in [1.165, 1.54) is 13.8 Å². The summed E-state index contributed by atoms with van der Waals surface area (Å²) in [6.07, 6.45) is 0. The summed E-state index contributed by atoms with van der Waals surface area (Å²) in [5.74, 6) is -2.18. The van der Waals surface area contributed by atoms with Crippen molar-refractivity contribution in [1.82, 2.24) is 0 Å². The third-order valence-electron chi connectivity index (χ3n) is 4.52. The predicted molar refractivity (Wildman–Crippen MR) is 110 cm³/mol. The zero-order valence-electron chi connectivity index (χ0n) is 16.9. The Labute approximate surface area is 216 Å². The molecule has 0 aromatic heterocycles. The maximum atomic E-state index is 13.1. The number of nitrogens with one attached hydrogen (secondary N) is 2. The number of hydrogen-bond donors (Lipinski definition) is 2. The van der Waals surface area contributed by atoms with E-state index in [0.29, 0.717) is 11.4 Å². The van der Waals surface area contributed by atoms with Gasteiger partial charge in [0.15, 0.2) is 0 Å². The van der Waals surface area contributed by atoms with Crippen molar-refractivity contribution in [2.45, 2.75) is 13.8 Å². The maximum absolute atomic E-state index is 13.1. The average molecular weight is 428 g/mol. The molecular formula is C22H18KN3O4. The molecule has 0 radical (unpaired) electrons. The fourth-order valence-corrected chi connectivity index (χ4v) is 3.10. The second-order valence-corrected chi connectivity index (χ2v) is 6.41. The molecule has 2 N–H and O–H groups in total. The van der Waals surface area contributed by atoms with Gasteiger partial charge in [0, 0.05) is 22.5 Å². The van der Waals surface area contributed by atoms with Gasteiger partial charge in [-0.2, -0.15) is 0 Å². The molecule has 0 heterocycles. The van der Waals surface area contributed by atoms with Crippen LogP contribution in [0.5, 0.6) is 5.75 Å². The van der Waals surface area contributed by atoms with Gasteiger partial charge in [0.1, 0.15) is 5.69 Å². The zero-order chi connectivity index (χ0) is 21.0. The Morgan fingerprint density at radius 2 is 1.13 bits per heavy atom. The van der Waals surface area contributed by atoms with Crippen LogP contribution < -0.4 is 67.1 Å². The molecule has 3 rings (SSSR count). The molecule has 3 aromatic carbocycles. The van der Waals surface area contributed by atoms with Crippen molar-refractivity contribution in [3.8, 4) is 5.75 Å². The minimum Gasteiger partial charge on any atom is -0.871 e. The van der Waals surface area contributed by atoms with Crippen molar-refractivity contribution in [3.05, 3.63) is 87.8 Å². The van der Waals surface area contributed by atoms with Gasteiger partial charge < -0.3 is 15.7 Å². The normalized spacial score (nSPS) is 9.93. The first kappa shape index (κ1) is 23.9. The number of benzene rings is 3. The molecule has 0 aliphatic carbocycles. The molecule has 146 valence electrons. The number of rotatable bonds is 5. The Balaban J connectivity index is 0.00000320. The number of carbonyl (C=O) groups excluding carboxylic acids is 2. The molecular weight excluding hydrogens is 409 g/mol. The molecule has 3 aromatic rings. The molecule has 0 bridgehead atoms. The fourth-order valence-electron chi connectivity index (χ4n) is 3.10. The Kier molecular flexibility index (Phi) is 8.45. The van der Waals surface area contributed by atoms with E-state index in [1.54, 1.807) is 60.7 Å². The summed E-state index contributed by atoms with van der Waals surface area (Å²) >= 11 is 0. The first-order valence-electron chi connectivity index (χ1n) is 8.84. The second-order valence-electron chi connectivity index (χ2n) is 6.41. The average Bonchev–Trinajstić information content (AvgIpc) is 2.69. The molecule has 2 amide bonds. The van der Waals surface area contributed by atoms with Crippen LogP contribution in [0, 0.1) is 18.8 Å². The quantitative estimate of drug-likeness (QED) is 0.472. The van der Waals surface area contributed by atoms with Gasteiger partial charge in [0.05, 0.1) is 0 Å². The van der Waals surface area contributed by atoms with Crippen LogP contribution in [0.3, 0.4) is 0 Å². The summed E-state index contributed by atoms with van der Waals surface area (Å²) in [6, 6.07) is 17.1. The molecule has 0 aliphatic heterocycles. The van der Waals surface area contributed by atoms with Crippen LogP contribution >= 0.6 is 0 Å². The van der Waals surface area contributed by atoms with Crippen LogP contribution in [0.25, 0.3) is 0 Å². The van der Waals surface area contributed by atoms with Gasteiger partial charge in [-0.25, -0.2) is 0 Å². The SMILES string of the molecule is Cc1c(N=O)c(C)c(C(=O)Nc2ccccc2)c([O-])c1C(=O)Nc1ccccc1.[K+]. The number of anilines is 2. The summed E-state index contributed by atoms with van der Waals surface area (Å²) in [5.41, 5.74) is 0.556. The van der Waals surface area contributed by atoms with Crippen molar-refractivity contribution < 1.29 is 66.1 Å². The Morgan fingerprint density at radius 1 is 0.767 bits per heavy atom. The van der Waals surface area contributed by atoms with Crippen LogP contribution in [0.2, 0.25) is 0 Å². The Hall–Kier alpha value is -2.36. The molecule has 0 unspecified atom stereocenters. The Bertz CT molecular complexity index is 1010. The van der Waals surface area contributed by atoms with Crippen LogP contribution in [-0.2, 0) is 0 Å². The van der Waals surface area contributed by atoms with Gasteiger partial charge in [-0.3, -0.25) is 9.59 Å². The number of nitrogens with zero attached hydrogens (tertiary/aromatic N) is 1. The summed E-state index contributed by atoms with van der Waals surface area (Å²) in [7, 11) is 0. The van der Waals surface area contributed by atoms with Gasteiger partial charge in [-0.05, 0) is 54.4 Å². The van der Waals surface area contributed by atoms with E-state index < -0.39 is 17.6 Å². The van der Waals surface area contributed by atoms with Gasteiger partial charge in [-0.15, -0.1) is 4.91 Å². The molecule has 0 spiro atoms. The largest absolute Gasteiger partial charge is 1.00 e. The number of hydrogen-bond acceptors (Lipinski definition) is 5. The first-order valence-corrected chi connectivity index (χ1v) is 8.84. The van der Waals surface area contributed by atoms with Gasteiger partial charge >= 0.3 is 51.4 Å². The molecule has 30 heavy (non-hydrogen) atoms. The van der Waals surface area contributed by atoms with E-state index in [2.05, 4.69) is 15.8 Å². The predicted octanol–water partition coefficient (Wildman–Crippen LogP) is 1.28. The van der Waals surface area contributed by atoms with Crippen molar-refractivity contribution in [2.24, 2.45) is 5.18 Å². The van der Waals surface area contributed by atoms with Gasteiger partial charge in [-0.1, -0.05) is 42.1 Å². The van der Waals surface area contributed by atoms with Crippen molar-refractivity contribution in [3.63, 3.8) is 0 Å².